The summed E-state index contributed by atoms with van der Waals surface area (Å²) >= 11 is 0. The molecule has 1 unspecified atom stereocenters. The molecule has 2 aliphatic rings. The second-order valence-corrected chi connectivity index (χ2v) is 6.08. The van der Waals surface area contributed by atoms with Crippen molar-refractivity contribution in [1.29, 1.82) is 0 Å². The molecular weight excluding hydrogens is 252 g/mol. The molecule has 1 atom stereocenters. The second-order valence-electron chi connectivity index (χ2n) is 6.08. The van der Waals surface area contributed by atoms with E-state index in [1.165, 1.54) is 0 Å². The molecule has 0 N–H and O–H groups in total. The molecule has 1 aromatic rings. The fraction of sp³-hybridized carbons (Fsp3) is 0.500. The van der Waals surface area contributed by atoms with Crippen molar-refractivity contribution in [3.05, 3.63) is 35.9 Å². The predicted octanol–water partition coefficient (Wildman–Crippen LogP) is 2.58. The Morgan fingerprint density at radius 2 is 2.05 bits per heavy atom. The average molecular weight is 272 g/mol. The lowest BCUT2D eigenvalue weighted by atomic mass is 9.93. The first-order chi connectivity index (χ1) is 9.55. The topological polar surface area (TPSA) is 41.9 Å². The summed E-state index contributed by atoms with van der Waals surface area (Å²) in [4.78, 5) is 12.2. The third-order valence-electron chi connectivity index (χ3n) is 3.93. The first-order valence-corrected chi connectivity index (χ1v) is 7.14. The van der Waals surface area contributed by atoms with E-state index >= 15 is 0 Å². The molecule has 3 rings (SSSR count). The summed E-state index contributed by atoms with van der Waals surface area (Å²) in [5, 5.41) is 6.26. The van der Waals surface area contributed by atoms with Crippen molar-refractivity contribution < 1.29 is 9.53 Å². The van der Waals surface area contributed by atoms with E-state index in [-0.39, 0.29) is 17.6 Å². The maximum atomic E-state index is 12.2. The molecular formula is C16H20N2O2. The minimum Gasteiger partial charge on any atom is -0.375 e. The van der Waals surface area contributed by atoms with Crippen LogP contribution >= 0.6 is 0 Å². The summed E-state index contributed by atoms with van der Waals surface area (Å²) in [6.07, 6.45) is 2.10. The van der Waals surface area contributed by atoms with Gasteiger partial charge in [-0.05, 0) is 32.3 Å². The van der Waals surface area contributed by atoms with Gasteiger partial charge in [0.05, 0.1) is 23.8 Å². The summed E-state index contributed by atoms with van der Waals surface area (Å²) in [6, 6.07) is 10.1. The molecule has 0 bridgehead atoms. The Hall–Kier alpha value is -1.68. The lowest BCUT2D eigenvalue weighted by Gasteiger charge is -2.38. The van der Waals surface area contributed by atoms with Gasteiger partial charge in [0, 0.05) is 6.61 Å². The lowest BCUT2D eigenvalue weighted by Crippen LogP contribution is -2.44. The standard InChI is InChI=1S/C16H20N2O2/c1-16(2)11-13(8-9-20-16)18-15(19)10-14(17-18)12-6-4-3-5-7-12/h3-7,13H,8-11H2,1-2H3. The highest BCUT2D eigenvalue weighted by Crippen LogP contribution is 2.30. The molecule has 0 radical (unpaired) electrons. The summed E-state index contributed by atoms with van der Waals surface area (Å²) in [6.45, 7) is 4.83. The highest BCUT2D eigenvalue weighted by molar-refractivity contribution is 6.13. The van der Waals surface area contributed by atoms with Gasteiger partial charge in [0.2, 0.25) is 5.91 Å². The van der Waals surface area contributed by atoms with Gasteiger partial charge in [-0.3, -0.25) is 4.79 Å². The van der Waals surface area contributed by atoms with Gasteiger partial charge >= 0.3 is 0 Å². The number of hydrogen-bond donors (Lipinski definition) is 0. The monoisotopic (exact) mass is 272 g/mol. The van der Waals surface area contributed by atoms with E-state index in [2.05, 4.69) is 18.9 Å². The largest absolute Gasteiger partial charge is 0.375 e. The zero-order valence-corrected chi connectivity index (χ0v) is 12.0. The number of benzene rings is 1. The highest BCUT2D eigenvalue weighted by atomic mass is 16.5. The fourth-order valence-electron chi connectivity index (χ4n) is 2.93. The summed E-state index contributed by atoms with van der Waals surface area (Å²) in [7, 11) is 0. The van der Waals surface area contributed by atoms with Gasteiger partial charge in [0.1, 0.15) is 0 Å². The Bertz CT molecular complexity index is 537. The molecule has 1 amide bonds. The Labute approximate surface area is 119 Å². The molecule has 1 saturated heterocycles. The van der Waals surface area contributed by atoms with Crippen LogP contribution in [-0.2, 0) is 9.53 Å². The summed E-state index contributed by atoms with van der Waals surface area (Å²) in [5.41, 5.74) is 1.74. The van der Waals surface area contributed by atoms with Crippen LogP contribution in [-0.4, -0.2) is 34.9 Å². The van der Waals surface area contributed by atoms with Gasteiger partial charge in [0.15, 0.2) is 0 Å². The SMILES string of the molecule is CC1(C)CC(N2N=C(c3ccccc3)CC2=O)CCO1. The van der Waals surface area contributed by atoms with Crippen LogP contribution in [0.4, 0.5) is 0 Å². The number of hydrazone groups is 1. The maximum Gasteiger partial charge on any atom is 0.249 e. The fourth-order valence-corrected chi connectivity index (χ4v) is 2.93. The van der Waals surface area contributed by atoms with Crippen molar-refractivity contribution in [2.24, 2.45) is 5.10 Å². The third kappa shape index (κ3) is 2.61. The van der Waals surface area contributed by atoms with Crippen LogP contribution in [0.5, 0.6) is 0 Å². The minimum atomic E-state index is -0.172. The summed E-state index contributed by atoms with van der Waals surface area (Å²) in [5.74, 6) is 0.103. The van der Waals surface area contributed by atoms with Gasteiger partial charge in [0.25, 0.3) is 0 Å². The first kappa shape index (κ1) is 13.3. The van der Waals surface area contributed by atoms with E-state index < -0.39 is 0 Å². The number of amides is 1. The van der Waals surface area contributed by atoms with Crippen LogP contribution in [0.3, 0.4) is 0 Å². The van der Waals surface area contributed by atoms with Gasteiger partial charge in [-0.1, -0.05) is 30.3 Å². The van der Waals surface area contributed by atoms with Crippen molar-refractivity contribution >= 4 is 11.6 Å². The van der Waals surface area contributed by atoms with Crippen LogP contribution in [0.2, 0.25) is 0 Å². The molecule has 106 valence electrons. The first-order valence-electron chi connectivity index (χ1n) is 7.14. The zero-order valence-electron chi connectivity index (χ0n) is 12.0. The number of hydrogen-bond acceptors (Lipinski definition) is 3. The predicted molar refractivity (Wildman–Crippen MR) is 77.5 cm³/mol. The van der Waals surface area contributed by atoms with Gasteiger partial charge in [-0.25, -0.2) is 5.01 Å². The Morgan fingerprint density at radius 1 is 1.30 bits per heavy atom. The van der Waals surface area contributed by atoms with Crippen molar-refractivity contribution in [2.45, 2.75) is 44.8 Å². The van der Waals surface area contributed by atoms with E-state index in [0.717, 1.165) is 24.1 Å². The molecule has 0 spiro atoms. The molecule has 1 fully saturated rings. The minimum absolute atomic E-state index is 0.103. The number of rotatable bonds is 2. The van der Waals surface area contributed by atoms with Gasteiger partial charge < -0.3 is 4.74 Å². The van der Waals surface area contributed by atoms with Gasteiger partial charge in [-0.2, -0.15) is 5.10 Å². The number of carbonyl (C=O) groups excluding carboxylic acids is 1. The molecule has 2 heterocycles. The van der Waals surface area contributed by atoms with Crippen molar-refractivity contribution in [1.82, 2.24) is 5.01 Å². The Morgan fingerprint density at radius 3 is 2.75 bits per heavy atom. The molecule has 20 heavy (non-hydrogen) atoms. The molecule has 1 aromatic carbocycles. The van der Waals surface area contributed by atoms with Crippen LogP contribution in [0.25, 0.3) is 0 Å². The molecule has 0 saturated carbocycles. The van der Waals surface area contributed by atoms with E-state index in [1.807, 2.05) is 30.3 Å². The van der Waals surface area contributed by atoms with E-state index in [9.17, 15) is 4.79 Å². The van der Waals surface area contributed by atoms with Crippen LogP contribution < -0.4 is 0 Å². The van der Waals surface area contributed by atoms with Crippen molar-refractivity contribution in [3.8, 4) is 0 Å². The molecule has 4 heteroatoms. The third-order valence-corrected chi connectivity index (χ3v) is 3.93. The van der Waals surface area contributed by atoms with Crippen LogP contribution in [0, 0.1) is 0 Å². The molecule has 2 aliphatic heterocycles. The number of nitrogens with zero attached hydrogens (tertiary/aromatic N) is 2. The maximum absolute atomic E-state index is 12.2. The molecule has 4 nitrogen and oxygen atoms in total. The van der Waals surface area contributed by atoms with Crippen LogP contribution in [0.15, 0.2) is 35.4 Å². The van der Waals surface area contributed by atoms with Crippen LogP contribution in [0.1, 0.15) is 38.7 Å². The molecule has 0 aromatic heterocycles. The number of ether oxygens (including phenoxy) is 1. The normalized spacial score (nSPS) is 25.7. The Balaban J connectivity index is 1.80. The Kier molecular flexibility index (Phi) is 3.34. The van der Waals surface area contributed by atoms with Gasteiger partial charge in [-0.15, -0.1) is 0 Å². The zero-order chi connectivity index (χ0) is 14.2. The summed E-state index contributed by atoms with van der Waals surface area (Å²) < 4.78 is 5.72. The quantitative estimate of drug-likeness (QED) is 0.830. The van der Waals surface area contributed by atoms with E-state index in [0.29, 0.717) is 13.0 Å². The van der Waals surface area contributed by atoms with E-state index in [1.54, 1.807) is 5.01 Å². The number of carbonyl (C=O) groups is 1. The highest BCUT2D eigenvalue weighted by Gasteiger charge is 2.37. The van der Waals surface area contributed by atoms with Crippen molar-refractivity contribution in [2.75, 3.05) is 6.61 Å². The van der Waals surface area contributed by atoms with E-state index in [4.69, 9.17) is 4.74 Å². The van der Waals surface area contributed by atoms with Crippen molar-refractivity contribution in [3.63, 3.8) is 0 Å². The second kappa shape index (κ2) is 5.02. The lowest BCUT2D eigenvalue weighted by molar-refractivity contribution is -0.137. The average Bonchev–Trinajstić information content (AvgIpc) is 2.81. The molecule has 0 aliphatic carbocycles. The smallest absolute Gasteiger partial charge is 0.249 e.